The van der Waals surface area contributed by atoms with Crippen molar-refractivity contribution in [3.8, 4) is 6.07 Å². The Morgan fingerprint density at radius 3 is 2.33 bits per heavy atom. The monoisotopic (exact) mass is 204 g/mol. The van der Waals surface area contributed by atoms with Gasteiger partial charge in [-0.05, 0) is 37.5 Å². The average Bonchev–Trinajstić information content (AvgIpc) is 2.12. The van der Waals surface area contributed by atoms with Crippen molar-refractivity contribution in [2.45, 2.75) is 20.8 Å². The number of aryl methyl sites for hydroxylation is 2. The van der Waals surface area contributed by atoms with Gasteiger partial charge in [-0.25, -0.2) is 4.85 Å². The summed E-state index contributed by atoms with van der Waals surface area (Å²) < 4.78 is 0. The smallest absolute Gasteiger partial charge is 0.335 e. The van der Waals surface area contributed by atoms with Crippen molar-refractivity contribution in [2.24, 2.45) is 0 Å². The van der Waals surface area contributed by atoms with Crippen molar-refractivity contribution in [1.29, 1.82) is 0 Å². The Bertz CT molecular complexity index is 476. The quantitative estimate of drug-likeness (QED) is 0.473. The van der Waals surface area contributed by atoms with E-state index in [0.717, 1.165) is 16.7 Å². The van der Waals surface area contributed by atoms with E-state index in [-0.39, 0.29) is 5.48 Å². The lowest BCUT2D eigenvalue weighted by Gasteiger charge is -2.05. The third-order valence-corrected chi connectivity index (χ3v) is 2.20. The van der Waals surface area contributed by atoms with Crippen molar-refractivity contribution >= 4 is 5.69 Å². The van der Waals surface area contributed by atoms with Crippen LogP contribution in [0.15, 0.2) is 6.07 Å². The molecule has 1 rings (SSSR count). The van der Waals surface area contributed by atoms with Crippen LogP contribution in [0.25, 0.3) is 9.85 Å². The second-order valence-corrected chi connectivity index (χ2v) is 3.17. The van der Waals surface area contributed by atoms with E-state index in [4.69, 9.17) is 6.57 Å². The summed E-state index contributed by atoms with van der Waals surface area (Å²) >= 11 is 0. The Hall–Kier alpha value is -2.04. The second-order valence-electron chi connectivity index (χ2n) is 3.17. The standard InChI is InChI=1S/C11H10N2O.H2O/c1-7-5-8(2)11(12-4)9(3)10(7)6-13-14;/h5H,1-3H3;1H2. The van der Waals surface area contributed by atoms with Crippen LogP contribution >= 0.6 is 0 Å². The van der Waals surface area contributed by atoms with Crippen LogP contribution in [0, 0.1) is 38.6 Å². The zero-order chi connectivity index (χ0) is 10.7. The molecule has 1 aromatic rings. The van der Waals surface area contributed by atoms with Crippen LogP contribution in [0.1, 0.15) is 22.3 Å². The summed E-state index contributed by atoms with van der Waals surface area (Å²) in [6.45, 7) is 12.6. The zero-order valence-corrected chi connectivity index (χ0v) is 8.88. The first-order valence-electron chi connectivity index (χ1n) is 4.18. The number of rotatable bonds is 0. The predicted octanol–water partition coefficient (Wildman–Crippen LogP) is 2.52. The van der Waals surface area contributed by atoms with Crippen molar-refractivity contribution in [3.63, 3.8) is 0 Å². The normalized spacial score (nSPS) is 8.13. The molecule has 0 atom stereocenters. The molecule has 0 aliphatic rings. The highest BCUT2D eigenvalue weighted by molar-refractivity contribution is 5.65. The van der Waals surface area contributed by atoms with Crippen LogP contribution in [-0.2, 0) is 0 Å². The van der Waals surface area contributed by atoms with Crippen LogP contribution < -0.4 is 0 Å². The summed E-state index contributed by atoms with van der Waals surface area (Å²) in [6, 6.07) is 4.24. The Labute approximate surface area is 88.7 Å². The highest BCUT2D eigenvalue weighted by Gasteiger charge is 2.12. The molecule has 4 nitrogen and oxygen atoms in total. The fourth-order valence-corrected chi connectivity index (χ4v) is 1.56. The summed E-state index contributed by atoms with van der Waals surface area (Å²) in [7, 11) is 0. The molecule has 1 aromatic carbocycles. The molecular weight excluding hydrogens is 192 g/mol. The molecular formula is C11H12N2O2. The lowest BCUT2D eigenvalue weighted by Crippen LogP contribution is -1.90. The van der Waals surface area contributed by atoms with Crippen LogP contribution in [0.5, 0.6) is 0 Å². The van der Waals surface area contributed by atoms with Crippen molar-refractivity contribution < 1.29 is 5.48 Å². The molecule has 0 bridgehead atoms. The van der Waals surface area contributed by atoms with Gasteiger partial charge in [0.15, 0.2) is 5.69 Å². The van der Waals surface area contributed by atoms with E-state index >= 15 is 0 Å². The van der Waals surface area contributed by atoms with Gasteiger partial charge in [0.25, 0.3) is 0 Å². The zero-order valence-electron chi connectivity index (χ0n) is 8.88. The van der Waals surface area contributed by atoms with Crippen molar-refractivity contribution in [3.05, 3.63) is 50.0 Å². The van der Waals surface area contributed by atoms with Crippen LogP contribution in [0.2, 0.25) is 0 Å². The summed E-state index contributed by atoms with van der Waals surface area (Å²) in [6.07, 6.45) is 0. The molecule has 0 unspecified atom stereocenters. The number of benzene rings is 1. The van der Waals surface area contributed by atoms with Gasteiger partial charge in [0, 0.05) is 5.01 Å². The van der Waals surface area contributed by atoms with Gasteiger partial charge in [-0.15, -0.1) is 0 Å². The highest BCUT2D eigenvalue weighted by atomic mass is 16.4. The third-order valence-electron chi connectivity index (χ3n) is 2.20. The van der Waals surface area contributed by atoms with E-state index in [0.29, 0.717) is 11.3 Å². The molecule has 0 aliphatic heterocycles. The molecule has 0 aliphatic carbocycles. The molecule has 4 heteroatoms. The first-order valence-corrected chi connectivity index (χ1v) is 4.18. The highest BCUT2D eigenvalue weighted by Crippen LogP contribution is 2.28. The van der Waals surface area contributed by atoms with E-state index in [9.17, 15) is 5.21 Å². The fourth-order valence-electron chi connectivity index (χ4n) is 1.56. The summed E-state index contributed by atoms with van der Waals surface area (Å²) in [5, 5.41) is 12.8. The van der Waals surface area contributed by atoms with Gasteiger partial charge in [-0.3, -0.25) is 0 Å². The topological polar surface area (TPSA) is 63.3 Å². The van der Waals surface area contributed by atoms with Crippen molar-refractivity contribution in [2.75, 3.05) is 0 Å². The van der Waals surface area contributed by atoms with Gasteiger partial charge in [0.2, 0.25) is 0 Å². The maximum Gasteiger partial charge on any atom is 0.335 e. The average molecular weight is 204 g/mol. The number of nitrogens with zero attached hydrogens (tertiary/aromatic N) is 2. The maximum atomic E-state index is 10.1. The summed E-state index contributed by atoms with van der Waals surface area (Å²) in [4.78, 5) is 3.42. The first kappa shape index (κ1) is 13.0. The van der Waals surface area contributed by atoms with Gasteiger partial charge in [0.1, 0.15) is 0 Å². The molecule has 15 heavy (non-hydrogen) atoms. The minimum Gasteiger partial charge on any atom is -0.498 e. The van der Waals surface area contributed by atoms with Crippen LogP contribution in [-0.4, -0.2) is 5.48 Å². The SMILES string of the molecule is O.[C-]#[N+]c1c(C)cc(C)c(C#[N+][O-])c1C. The Morgan fingerprint density at radius 2 is 1.87 bits per heavy atom. The van der Waals surface area contributed by atoms with Gasteiger partial charge in [-0.1, -0.05) is 6.07 Å². The van der Waals surface area contributed by atoms with Crippen LogP contribution in [0.3, 0.4) is 0 Å². The van der Waals surface area contributed by atoms with Gasteiger partial charge in [-0.2, -0.15) is 0 Å². The van der Waals surface area contributed by atoms with E-state index in [1.807, 2.05) is 19.9 Å². The van der Waals surface area contributed by atoms with Gasteiger partial charge < -0.3 is 10.7 Å². The fraction of sp³-hybridized carbons (Fsp3) is 0.273. The molecule has 0 amide bonds. The summed E-state index contributed by atoms with van der Waals surface area (Å²) in [5.74, 6) is 0. The lowest BCUT2D eigenvalue weighted by molar-refractivity contribution is 0.824. The van der Waals surface area contributed by atoms with E-state index in [2.05, 4.69) is 15.9 Å². The Balaban J connectivity index is 0.00000196. The minimum absolute atomic E-state index is 0. The molecule has 78 valence electrons. The molecule has 0 saturated heterocycles. The van der Waals surface area contributed by atoms with E-state index in [1.165, 1.54) is 0 Å². The maximum absolute atomic E-state index is 10.1. The molecule has 2 N–H and O–H groups in total. The van der Waals surface area contributed by atoms with Gasteiger partial charge in [0.05, 0.1) is 12.1 Å². The largest absolute Gasteiger partial charge is 0.498 e. The van der Waals surface area contributed by atoms with E-state index < -0.39 is 0 Å². The third kappa shape index (κ3) is 2.25. The Morgan fingerprint density at radius 1 is 1.27 bits per heavy atom. The minimum atomic E-state index is 0. The molecule has 0 saturated carbocycles. The molecule has 0 radical (unpaired) electrons. The predicted molar refractivity (Wildman–Crippen MR) is 60.2 cm³/mol. The van der Waals surface area contributed by atoms with Crippen molar-refractivity contribution in [1.82, 2.24) is 0 Å². The van der Waals surface area contributed by atoms with Crippen LogP contribution in [0.4, 0.5) is 5.69 Å². The molecule has 0 heterocycles. The summed E-state index contributed by atoms with van der Waals surface area (Å²) in [5.41, 5.74) is 3.84. The Kier molecular flexibility index (Phi) is 4.32. The lowest BCUT2D eigenvalue weighted by atomic mass is 9.98. The number of hydrogen-bond donors (Lipinski definition) is 0. The van der Waals surface area contributed by atoms with Gasteiger partial charge >= 0.3 is 6.07 Å². The van der Waals surface area contributed by atoms with E-state index in [1.54, 1.807) is 6.92 Å². The molecule has 0 aromatic heterocycles. The molecule has 0 spiro atoms. The number of hydrogen-bond acceptors (Lipinski definition) is 1. The first-order chi connectivity index (χ1) is 6.61. The second kappa shape index (κ2) is 4.99. The molecule has 0 fully saturated rings.